The maximum atomic E-state index is 13.1. The van der Waals surface area contributed by atoms with Crippen molar-refractivity contribution >= 4 is 45.0 Å². The van der Waals surface area contributed by atoms with Crippen LogP contribution in [0, 0.1) is 0 Å². The second kappa shape index (κ2) is 9.20. The van der Waals surface area contributed by atoms with Crippen LogP contribution in [0.3, 0.4) is 0 Å². The van der Waals surface area contributed by atoms with Crippen LogP contribution in [0.1, 0.15) is 36.0 Å². The van der Waals surface area contributed by atoms with Crippen LogP contribution in [0.15, 0.2) is 52.3 Å². The van der Waals surface area contributed by atoms with Gasteiger partial charge in [0, 0.05) is 28.7 Å². The molecule has 0 radical (unpaired) electrons. The maximum absolute atomic E-state index is 13.1. The number of likely N-dealkylation sites (tertiary alicyclic amines) is 1. The average Bonchev–Trinajstić information content (AvgIpc) is 2.98. The zero-order valence-corrected chi connectivity index (χ0v) is 18.0. The number of nitrogens with one attached hydrogen (secondary N) is 1. The summed E-state index contributed by atoms with van der Waals surface area (Å²) in [4.78, 5) is 15.8. The van der Waals surface area contributed by atoms with Gasteiger partial charge in [-0.1, -0.05) is 24.4 Å². The molecule has 0 aliphatic carbocycles. The second-order valence-electron chi connectivity index (χ2n) is 6.68. The standard InChI is InChI=1S/C20H23ClN2O3S2/c1-27-19-11-10-17(28(25,26)22-16-8-6-15(21)7-9-16)14-18(19)20(24)23-12-4-2-3-5-13-23/h6-11,14,22H,2-5,12-13H2,1H3. The van der Waals surface area contributed by atoms with E-state index >= 15 is 0 Å². The number of halogens is 1. The zero-order chi connectivity index (χ0) is 20.1. The first-order valence-electron chi connectivity index (χ1n) is 9.16. The Balaban J connectivity index is 1.90. The first kappa shape index (κ1) is 21.0. The van der Waals surface area contributed by atoms with Crippen molar-refractivity contribution in [3.05, 3.63) is 53.1 Å². The topological polar surface area (TPSA) is 66.5 Å². The highest BCUT2D eigenvalue weighted by Gasteiger charge is 2.23. The van der Waals surface area contributed by atoms with E-state index in [1.807, 2.05) is 11.2 Å². The molecule has 2 aromatic rings. The molecule has 0 aromatic heterocycles. The lowest BCUT2D eigenvalue weighted by molar-refractivity contribution is 0.0758. The fourth-order valence-corrected chi connectivity index (χ4v) is 4.98. The summed E-state index contributed by atoms with van der Waals surface area (Å²) in [5.74, 6) is -0.102. The van der Waals surface area contributed by atoms with E-state index in [2.05, 4.69) is 4.72 Å². The van der Waals surface area contributed by atoms with Gasteiger partial charge in [0.15, 0.2) is 0 Å². The predicted molar refractivity (Wildman–Crippen MR) is 115 cm³/mol. The van der Waals surface area contributed by atoms with Crippen LogP contribution >= 0.6 is 23.4 Å². The van der Waals surface area contributed by atoms with E-state index in [9.17, 15) is 13.2 Å². The highest BCUT2D eigenvalue weighted by atomic mass is 35.5. The van der Waals surface area contributed by atoms with Crippen molar-refractivity contribution in [2.75, 3.05) is 24.1 Å². The van der Waals surface area contributed by atoms with Gasteiger partial charge in [0.05, 0.1) is 10.5 Å². The smallest absolute Gasteiger partial charge is 0.261 e. The van der Waals surface area contributed by atoms with Crippen LogP contribution in [-0.2, 0) is 10.0 Å². The molecule has 1 heterocycles. The quantitative estimate of drug-likeness (QED) is 0.675. The second-order valence-corrected chi connectivity index (χ2v) is 9.65. The van der Waals surface area contributed by atoms with Gasteiger partial charge in [-0.3, -0.25) is 9.52 Å². The van der Waals surface area contributed by atoms with Crippen LogP contribution in [0.25, 0.3) is 0 Å². The normalized spacial score (nSPS) is 15.1. The monoisotopic (exact) mass is 438 g/mol. The minimum atomic E-state index is -3.82. The third kappa shape index (κ3) is 5.01. The maximum Gasteiger partial charge on any atom is 0.261 e. The largest absolute Gasteiger partial charge is 0.339 e. The highest BCUT2D eigenvalue weighted by Crippen LogP contribution is 2.27. The number of thioether (sulfide) groups is 1. The molecule has 0 atom stereocenters. The number of sulfonamides is 1. The summed E-state index contributed by atoms with van der Waals surface area (Å²) in [7, 11) is -3.82. The molecule has 28 heavy (non-hydrogen) atoms. The average molecular weight is 439 g/mol. The Hall–Kier alpha value is -1.70. The van der Waals surface area contributed by atoms with E-state index in [0.29, 0.717) is 29.4 Å². The van der Waals surface area contributed by atoms with Gasteiger partial charge in [-0.05, 0) is 61.6 Å². The summed E-state index contributed by atoms with van der Waals surface area (Å²) in [6.45, 7) is 1.43. The molecular weight excluding hydrogens is 416 g/mol. The molecule has 0 saturated carbocycles. The molecule has 1 aliphatic rings. The van der Waals surface area contributed by atoms with E-state index in [4.69, 9.17) is 11.6 Å². The molecule has 150 valence electrons. The number of hydrogen-bond acceptors (Lipinski definition) is 4. The summed E-state index contributed by atoms with van der Waals surface area (Å²) in [5, 5.41) is 0.526. The number of nitrogens with zero attached hydrogens (tertiary/aromatic N) is 1. The number of amides is 1. The number of carbonyl (C=O) groups excluding carboxylic acids is 1. The van der Waals surface area contributed by atoms with Gasteiger partial charge in [0.25, 0.3) is 15.9 Å². The fourth-order valence-electron chi connectivity index (χ4n) is 3.20. The fraction of sp³-hybridized carbons (Fsp3) is 0.350. The summed E-state index contributed by atoms with van der Waals surface area (Å²) in [6.07, 6.45) is 6.10. The first-order valence-corrected chi connectivity index (χ1v) is 12.2. The van der Waals surface area contributed by atoms with Crippen molar-refractivity contribution in [1.29, 1.82) is 0 Å². The molecule has 0 unspecified atom stereocenters. The minimum Gasteiger partial charge on any atom is -0.339 e. The minimum absolute atomic E-state index is 0.0680. The third-order valence-electron chi connectivity index (χ3n) is 4.70. The van der Waals surface area contributed by atoms with Gasteiger partial charge in [-0.2, -0.15) is 0 Å². The number of rotatable bonds is 5. The van der Waals surface area contributed by atoms with Crippen LogP contribution in [-0.4, -0.2) is 38.6 Å². The van der Waals surface area contributed by atoms with Crippen molar-refractivity contribution < 1.29 is 13.2 Å². The Labute approximate surface area is 175 Å². The van der Waals surface area contributed by atoms with E-state index in [0.717, 1.165) is 30.6 Å². The SMILES string of the molecule is CSc1ccc(S(=O)(=O)Nc2ccc(Cl)cc2)cc1C(=O)N1CCCCCC1. The predicted octanol–water partition coefficient (Wildman–Crippen LogP) is 4.88. The lowest BCUT2D eigenvalue weighted by Crippen LogP contribution is -2.32. The molecule has 1 amide bonds. The van der Waals surface area contributed by atoms with Crippen molar-refractivity contribution in [2.24, 2.45) is 0 Å². The first-order chi connectivity index (χ1) is 13.4. The molecule has 1 fully saturated rings. The van der Waals surface area contributed by atoms with Crippen molar-refractivity contribution in [1.82, 2.24) is 4.90 Å². The Kier molecular flexibility index (Phi) is 6.91. The van der Waals surface area contributed by atoms with Crippen molar-refractivity contribution in [2.45, 2.75) is 35.5 Å². The Morgan fingerprint density at radius 2 is 1.68 bits per heavy atom. The Morgan fingerprint density at radius 1 is 1.04 bits per heavy atom. The molecule has 3 rings (SSSR count). The molecule has 2 aromatic carbocycles. The lowest BCUT2D eigenvalue weighted by Gasteiger charge is -2.22. The molecule has 5 nitrogen and oxygen atoms in total. The number of carbonyl (C=O) groups is 1. The van der Waals surface area contributed by atoms with Crippen molar-refractivity contribution in [3.63, 3.8) is 0 Å². The van der Waals surface area contributed by atoms with Gasteiger partial charge in [-0.15, -0.1) is 11.8 Å². The van der Waals surface area contributed by atoms with E-state index in [1.165, 1.54) is 23.9 Å². The van der Waals surface area contributed by atoms with Crippen molar-refractivity contribution in [3.8, 4) is 0 Å². The van der Waals surface area contributed by atoms with Gasteiger partial charge >= 0.3 is 0 Å². The summed E-state index contributed by atoms with van der Waals surface area (Å²) in [5.41, 5.74) is 0.854. The molecule has 1 aliphatic heterocycles. The molecule has 0 bridgehead atoms. The Morgan fingerprint density at radius 3 is 2.29 bits per heavy atom. The third-order valence-corrected chi connectivity index (χ3v) is 7.13. The molecule has 0 spiro atoms. The molecule has 1 N–H and O–H groups in total. The highest BCUT2D eigenvalue weighted by molar-refractivity contribution is 7.98. The van der Waals surface area contributed by atoms with Crippen LogP contribution in [0.2, 0.25) is 5.02 Å². The van der Waals surface area contributed by atoms with E-state index in [1.54, 1.807) is 30.3 Å². The van der Waals surface area contributed by atoms with Gasteiger partial charge in [0.2, 0.25) is 0 Å². The lowest BCUT2D eigenvalue weighted by atomic mass is 10.2. The molecule has 8 heteroatoms. The van der Waals surface area contributed by atoms with Gasteiger partial charge in [0.1, 0.15) is 0 Å². The Bertz CT molecular complexity index is 938. The van der Waals surface area contributed by atoms with Crippen LogP contribution < -0.4 is 4.72 Å². The van der Waals surface area contributed by atoms with Gasteiger partial charge in [-0.25, -0.2) is 8.42 Å². The number of hydrogen-bond donors (Lipinski definition) is 1. The summed E-state index contributed by atoms with van der Waals surface area (Å²) >= 11 is 7.29. The number of anilines is 1. The van der Waals surface area contributed by atoms with Gasteiger partial charge < -0.3 is 4.90 Å². The number of benzene rings is 2. The van der Waals surface area contributed by atoms with E-state index < -0.39 is 10.0 Å². The summed E-state index contributed by atoms with van der Waals surface area (Å²) < 4.78 is 28.2. The van der Waals surface area contributed by atoms with E-state index in [-0.39, 0.29) is 10.8 Å². The van der Waals surface area contributed by atoms with Crippen LogP contribution in [0.4, 0.5) is 5.69 Å². The molecular formula is C20H23ClN2O3S2. The zero-order valence-electron chi connectivity index (χ0n) is 15.7. The molecule has 1 saturated heterocycles. The van der Waals surface area contributed by atoms with Crippen LogP contribution in [0.5, 0.6) is 0 Å². The summed E-state index contributed by atoms with van der Waals surface area (Å²) in [6, 6.07) is 11.1.